The molecule has 47 heavy (non-hydrogen) atoms. The average Bonchev–Trinajstić information content (AvgIpc) is 3.02. The predicted octanol–water partition coefficient (Wildman–Crippen LogP) is 5.96. The van der Waals surface area contributed by atoms with Crippen LogP contribution in [0.5, 0.6) is 0 Å². The highest BCUT2D eigenvalue weighted by Gasteiger charge is 2.33. The first kappa shape index (κ1) is 37.7. The molecule has 0 saturated heterocycles. The number of carbonyl (C=O) groups is 2. The molecular formula is C37H48F3N3O4. The first-order valence-corrected chi connectivity index (χ1v) is 16.2. The maximum atomic E-state index is 13.7. The third-order valence-corrected chi connectivity index (χ3v) is 8.41. The Balaban J connectivity index is 1.70. The number of ether oxygens (including phenoxy) is 1. The SMILES string of the molecule is CC[C@H](C)[C@H](NC(=O)[C@@H](C[C@H](O)C(COCc1cc(F)cc(F)c1)NCc1cccc(C)c1)C(C)C)C(=O)NCc1ccc(F)cc1. The Morgan fingerprint density at radius 2 is 1.51 bits per heavy atom. The highest BCUT2D eigenvalue weighted by atomic mass is 19.1. The molecule has 4 N–H and O–H groups in total. The van der Waals surface area contributed by atoms with Crippen molar-refractivity contribution < 1.29 is 32.6 Å². The lowest BCUT2D eigenvalue weighted by molar-refractivity contribution is -0.134. The highest BCUT2D eigenvalue weighted by Crippen LogP contribution is 2.22. The van der Waals surface area contributed by atoms with Gasteiger partial charge in [-0.25, -0.2) is 13.2 Å². The number of rotatable bonds is 18. The summed E-state index contributed by atoms with van der Waals surface area (Å²) < 4.78 is 46.5. The molecule has 0 aromatic heterocycles. The van der Waals surface area contributed by atoms with E-state index in [1.807, 2.05) is 58.9 Å². The van der Waals surface area contributed by atoms with Crippen LogP contribution >= 0.6 is 0 Å². The first-order chi connectivity index (χ1) is 22.4. The molecule has 0 aliphatic heterocycles. The van der Waals surface area contributed by atoms with Crippen molar-refractivity contribution in [2.45, 2.75) is 85.3 Å². The normalized spacial score (nSPS) is 14.7. The molecular weight excluding hydrogens is 607 g/mol. The molecule has 3 aromatic rings. The fourth-order valence-electron chi connectivity index (χ4n) is 5.35. The third-order valence-electron chi connectivity index (χ3n) is 8.41. The summed E-state index contributed by atoms with van der Waals surface area (Å²) in [5.74, 6) is -3.45. The summed E-state index contributed by atoms with van der Waals surface area (Å²) in [6.45, 7) is 10.1. The van der Waals surface area contributed by atoms with E-state index in [1.54, 1.807) is 12.1 Å². The number of aryl methyl sites for hydroxylation is 1. The number of nitrogens with one attached hydrogen (secondary N) is 3. The number of carbonyl (C=O) groups excluding carboxylic acids is 2. The van der Waals surface area contributed by atoms with Crippen molar-refractivity contribution in [2.24, 2.45) is 17.8 Å². The van der Waals surface area contributed by atoms with Gasteiger partial charge in [0, 0.05) is 25.1 Å². The minimum atomic E-state index is -1.03. The summed E-state index contributed by atoms with van der Waals surface area (Å²) in [4.78, 5) is 26.9. The van der Waals surface area contributed by atoms with E-state index in [9.17, 15) is 27.9 Å². The maximum absolute atomic E-state index is 13.7. The zero-order chi connectivity index (χ0) is 34.5. The summed E-state index contributed by atoms with van der Waals surface area (Å²) >= 11 is 0. The van der Waals surface area contributed by atoms with Gasteiger partial charge in [-0.3, -0.25) is 9.59 Å². The van der Waals surface area contributed by atoms with Gasteiger partial charge in [0.2, 0.25) is 11.8 Å². The molecule has 0 aliphatic rings. The fraction of sp³-hybridized carbons (Fsp3) is 0.459. The molecule has 3 rings (SSSR count). The van der Waals surface area contributed by atoms with Crippen LogP contribution in [0.4, 0.5) is 13.2 Å². The smallest absolute Gasteiger partial charge is 0.243 e. The molecule has 1 unspecified atom stereocenters. The van der Waals surface area contributed by atoms with Crippen molar-refractivity contribution in [3.63, 3.8) is 0 Å². The van der Waals surface area contributed by atoms with Crippen LogP contribution in [0.2, 0.25) is 0 Å². The number of aliphatic hydroxyl groups is 1. The van der Waals surface area contributed by atoms with E-state index in [2.05, 4.69) is 16.0 Å². The monoisotopic (exact) mass is 655 g/mol. The Morgan fingerprint density at radius 1 is 0.830 bits per heavy atom. The summed E-state index contributed by atoms with van der Waals surface area (Å²) in [5, 5.41) is 20.6. The topological polar surface area (TPSA) is 99.7 Å². The fourth-order valence-corrected chi connectivity index (χ4v) is 5.35. The Hall–Kier alpha value is -3.73. The van der Waals surface area contributed by atoms with E-state index >= 15 is 0 Å². The number of halogens is 3. The second-order valence-electron chi connectivity index (χ2n) is 12.6. The Bertz CT molecular complexity index is 1420. The van der Waals surface area contributed by atoms with Gasteiger partial charge in [-0.2, -0.15) is 0 Å². The van der Waals surface area contributed by atoms with E-state index in [0.29, 0.717) is 18.5 Å². The molecule has 0 spiro atoms. The second-order valence-corrected chi connectivity index (χ2v) is 12.6. The summed E-state index contributed by atoms with van der Waals surface area (Å²) in [5.41, 5.74) is 3.13. The predicted molar refractivity (Wildman–Crippen MR) is 176 cm³/mol. The van der Waals surface area contributed by atoms with Crippen molar-refractivity contribution in [3.05, 3.63) is 106 Å². The lowest BCUT2D eigenvalue weighted by atomic mass is 9.86. The Kier molecular flexibility index (Phi) is 14.9. The molecule has 0 heterocycles. The van der Waals surface area contributed by atoms with Crippen molar-refractivity contribution in [1.29, 1.82) is 0 Å². The van der Waals surface area contributed by atoms with Gasteiger partial charge in [0.15, 0.2) is 0 Å². The van der Waals surface area contributed by atoms with Gasteiger partial charge in [0.05, 0.1) is 25.4 Å². The van der Waals surface area contributed by atoms with E-state index in [-0.39, 0.29) is 55.6 Å². The van der Waals surface area contributed by atoms with Crippen molar-refractivity contribution in [1.82, 2.24) is 16.0 Å². The van der Waals surface area contributed by atoms with Crippen LogP contribution in [0.15, 0.2) is 66.7 Å². The average molecular weight is 656 g/mol. The van der Waals surface area contributed by atoms with Crippen molar-refractivity contribution >= 4 is 11.8 Å². The number of amides is 2. The molecule has 5 atom stereocenters. The standard InChI is InChI=1S/C37H48F3N3O4/c1-6-25(5)35(37(46)42-19-26-10-12-29(38)13-11-26)43-36(45)32(23(2)3)18-34(44)33(41-20-27-9-7-8-24(4)14-27)22-47-21-28-15-30(39)17-31(40)16-28/h7-17,23,25,32-35,41,44H,6,18-22H2,1-5H3,(H,42,46)(H,43,45)/t25-,32-,33?,34-,35-/m0/s1. The van der Waals surface area contributed by atoms with Gasteiger partial charge in [-0.15, -0.1) is 0 Å². The van der Waals surface area contributed by atoms with Crippen LogP contribution in [-0.2, 0) is 34.0 Å². The molecule has 10 heteroatoms. The number of aliphatic hydroxyl groups excluding tert-OH is 1. The minimum absolute atomic E-state index is 0.0127. The van der Waals surface area contributed by atoms with Crippen LogP contribution < -0.4 is 16.0 Å². The van der Waals surface area contributed by atoms with Crippen LogP contribution in [-0.4, -0.2) is 41.7 Å². The number of benzene rings is 3. The quantitative estimate of drug-likeness (QED) is 0.136. The van der Waals surface area contributed by atoms with Gasteiger partial charge < -0.3 is 25.8 Å². The number of hydrogen-bond donors (Lipinski definition) is 4. The zero-order valence-corrected chi connectivity index (χ0v) is 27.9. The molecule has 2 amide bonds. The molecule has 0 bridgehead atoms. The molecule has 256 valence electrons. The van der Waals surface area contributed by atoms with Crippen LogP contribution in [0.3, 0.4) is 0 Å². The van der Waals surface area contributed by atoms with Gasteiger partial charge in [-0.1, -0.05) is 76.1 Å². The van der Waals surface area contributed by atoms with Crippen LogP contribution in [0.25, 0.3) is 0 Å². The van der Waals surface area contributed by atoms with Gasteiger partial charge >= 0.3 is 0 Å². The van der Waals surface area contributed by atoms with E-state index in [1.165, 1.54) is 24.3 Å². The molecule has 7 nitrogen and oxygen atoms in total. The van der Waals surface area contributed by atoms with Gasteiger partial charge in [0.1, 0.15) is 23.5 Å². The van der Waals surface area contributed by atoms with Crippen LogP contribution in [0, 0.1) is 42.1 Å². The third kappa shape index (κ3) is 12.4. The lowest BCUT2D eigenvalue weighted by Gasteiger charge is -2.31. The Labute approximate surface area is 276 Å². The van der Waals surface area contributed by atoms with E-state index < -0.39 is 35.7 Å². The van der Waals surface area contributed by atoms with E-state index in [4.69, 9.17) is 4.74 Å². The maximum Gasteiger partial charge on any atom is 0.243 e. The highest BCUT2D eigenvalue weighted by molar-refractivity contribution is 5.88. The van der Waals surface area contributed by atoms with Crippen molar-refractivity contribution in [3.8, 4) is 0 Å². The number of hydrogen-bond acceptors (Lipinski definition) is 5. The molecule has 0 radical (unpaired) electrons. The molecule has 0 fully saturated rings. The van der Waals surface area contributed by atoms with Gasteiger partial charge in [0.25, 0.3) is 0 Å². The minimum Gasteiger partial charge on any atom is -0.391 e. The second kappa shape index (κ2) is 18.6. The van der Waals surface area contributed by atoms with Crippen LogP contribution in [0.1, 0.15) is 62.8 Å². The Morgan fingerprint density at radius 3 is 2.13 bits per heavy atom. The summed E-state index contributed by atoms with van der Waals surface area (Å²) in [6.07, 6.45) is -0.310. The molecule has 0 saturated carbocycles. The molecule has 3 aromatic carbocycles. The van der Waals surface area contributed by atoms with E-state index in [0.717, 1.165) is 22.8 Å². The first-order valence-electron chi connectivity index (χ1n) is 16.2. The lowest BCUT2D eigenvalue weighted by Crippen LogP contribution is -2.53. The summed E-state index contributed by atoms with van der Waals surface area (Å²) in [7, 11) is 0. The largest absolute Gasteiger partial charge is 0.391 e. The van der Waals surface area contributed by atoms with Gasteiger partial charge in [-0.05, 0) is 66.1 Å². The zero-order valence-electron chi connectivity index (χ0n) is 27.9. The summed E-state index contributed by atoms with van der Waals surface area (Å²) in [6, 6.07) is 15.5. The van der Waals surface area contributed by atoms with Crippen molar-refractivity contribution in [2.75, 3.05) is 6.61 Å². The molecule has 0 aliphatic carbocycles.